The highest BCUT2D eigenvalue weighted by atomic mass is 19.4. The molecule has 0 bridgehead atoms. The maximum Gasteiger partial charge on any atom is 0.419 e. The normalized spacial score (nSPS) is 16.8. The Hall–Kier alpha value is -3.38. The summed E-state index contributed by atoms with van der Waals surface area (Å²) in [6.07, 6.45) is -0.366. The minimum atomic E-state index is -4.58. The van der Waals surface area contributed by atoms with Crippen LogP contribution in [0.25, 0.3) is 22.5 Å². The first-order valence-corrected chi connectivity index (χ1v) is 9.55. The van der Waals surface area contributed by atoms with Crippen LogP contribution in [-0.2, 0) is 6.18 Å². The Morgan fingerprint density at radius 3 is 2.63 bits per heavy atom. The molecule has 4 rings (SSSR count). The fraction of sp³-hybridized carbons (Fsp3) is 0.286. The highest BCUT2D eigenvalue weighted by molar-refractivity contribution is 5.72. The van der Waals surface area contributed by atoms with Gasteiger partial charge in [-0.25, -0.2) is 9.97 Å². The lowest BCUT2D eigenvalue weighted by Crippen LogP contribution is -2.38. The predicted octanol–water partition coefficient (Wildman–Crippen LogP) is 4.19. The van der Waals surface area contributed by atoms with Crippen LogP contribution in [0.15, 0.2) is 42.7 Å². The number of aromatic nitrogens is 3. The van der Waals surface area contributed by atoms with Crippen molar-refractivity contribution in [3.63, 3.8) is 0 Å². The van der Waals surface area contributed by atoms with Crippen LogP contribution in [0.5, 0.6) is 0 Å². The van der Waals surface area contributed by atoms with Gasteiger partial charge in [-0.15, -0.1) is 0 Å². The van der Waals surface area contributed by atoms with E-state index in [0.29, 0.717) is 23.4 Å². The number of hydrogen-bond acceptors (Lipinski definition) is 5. The van der Waals surface area contributed by atoms with E-state index in [2.05, 4.69) is 25.6 Å². The highest BCUT2D eigenvalue weighted by Gasteiger charge is 2.36. The molecule has 0 saturated carbocycles. The number of benzene rings is 1. The van der Waals surface area contributed by atoms with Gasteiger partial charge in [0, 0.05) is 36.2 Å². The maximum atomic E-state index is 13.6. The van der Waals surface area contributed by atoms with Crippen LogP contribution >= 0.6 is 0 Å². The number of nitriles is 1. The summed E-state index contributed by atoms with van der Waals surface area (Å²) in [5, 5.41) is 15.3. The summed E-state index contributed by atoms with van der Waals surface area (Å²) >= 11 is 0. The summed E-state index contributed by atoms with van der Waals surface area (Å²) in [6, 6.07) is 10.5. The minimum absolute atomic E-state index is 0.0729. The topological polar surface area (TPSA) is 89.4 Å². The molecule has 1 aromatic carbocycles. The number of nitrogens with one attached hydrogen (secondary N) is 3. The summed E-state index contributed by atoms with van der Waals surface area (Å²) in [5.74, 6) is 0.174. The first kappa shape index (κ1) is 19.9. The van der Waals surface area contributed by atoms with Gasteiger partial charge >= 0.3 is 6.18 Å². The lowest BCUT2D eigenvalue weighted by molar-refractivity contribution is -0.137. The number of halogens is 3. The summed E-state index contributed by atoms with van der Waals surface area (Å²) in [7, 11) is 0. The molecule has 2 aromatic heterocycles. The van der Waals surface area contributed by atoms with E-state index < -0.39 is 11.7 Å². The second kappa shape index (κ2) is 8.16. The van der Waals surface area contributed by atoms with Crippen LogP contribution in [0.1, 0.15) is 24.0 Å². The predicted molar refractivity (Wildman–Crippen MR) is 106 cm³/mol. The lowest BCUT2D eigenvalue weighted by atomic mass is 10.1. The van der Waals surface area contributed by atoms with Gasteiger partial charge < -0.3 is 15.6 Å². The number of aromatic amines is 1. The molecule has 30 heavy (non-hydrogen) atoms. The van der Waals surface area contributed by atoms with Gasteiger partial charge in [-0.2, -0.15) is 18.4 Å². The van der Waals surface area contributed by atoms with Crippen LogP contribution < -0.4 is 10.6 Å². The molecule has 3 N–H and O–H groups in total. The average Bonchev–Trinajstić information content (AvgIpc) is 3.24. The summed E-state index contributed by atoms with van der Waals surface area (Å²) in [4.78, 5) is 11.1. The van der Waals surface area contributed by atoms with Gasteiger partial charge in [0.05, 0.1) is 17.3 Å². The Morgan fingerprint density at radius 1 is 1.17 bits per heavy atom. The van der Waals surface area contributed by atoms with Gasteiger partial charge in [0.1, 0.15) is 5.56 Å². The van der Waals surface area contributed by atoms with Gasteiger partial charge in [0.15, 0.2) is 0 Å². The third kappa shape index (κ3) is 4.28. The maximum absolute atomic E-state index is 13.6. The van der Waals surface area contributed by atoms with E-state index in [1.54, 1.807) is 30.3 Å². The van der Waals surface area contributed by atoms with Crippen molar-refractivity contribution < 1.29 is 13.2 Å². The number of hydrogen-bond donors (Lipinski definition) is 3. The Balaban J connectivity index is 1.68. The standard InChI is InChI=1S/C21H19F3N6/c22-21(23,24)17-12-28-20(29-16-2-1-7-26-11-16)30-19(17)15-8-18(27-10-15)14-5-3-13(9-25)4-6-14/h3-6,8,10,12,16,26-27H,1-2,7,11H2,(H,28,29,30)/t16-/m0/s1. The summed E-state index contributed by atoms with van der Waals surface area (Å²) < 4.78 is 40.8. The molecule has 0 spiro atoms. The van der Waals surface area contributed by atoms with E-state index >= 15 is 0 Å². The van der Waals surface area contributed by atoms with E-state index in [1.165, 1.54) is 6.20 Å². The monoisotopic (exact) mass is 412 g/mol. The highest BCUT2D eigenvalue weighted by Crippen LogP contribution is 2.37. The number of piperidine rings is 1. The van der Waals surface area contributed by atoms with Crippen molar-refractivity contribution in [1.29, 1.82) is 5.26 Å². The number of nitrogens with zero attached hydrogens (tertiary/aromatic N) is 3. The smallest absolute Gasteiger partial charge is 0.361 e. The molecular formula is C21H19F3N6. The van der Waals surface area contributed by atoms with Gasteiger partial charge in [-0.3, -0.25) is 0 Å². The molecule has 1 fully saturated rings. The fourth-order valence-corrected chi connectivity index (χ4v) is 3.46. The largest absolute Gasteiger partial charge is 0.419 e. The molecule has 1 atom stereocenters. The third-order valence-electron chi connectivity index (χ3n) is 5.01. The first-order valence-electron chi connectivity index (χ1n) is 9.55. The summed E-state index contributed by atoms with van der Waals surface area (Å²) in [5.41, 5.74) is 1.14. The molecule has 0 unspecified atom stereocenters. The van der Waals surface area contributed by atoms with Crippen LogP contribution in [-0.4, -0.2) is 34.1 Å². The van der Waals surface area contributed by atoms with Crippen LogP contribution in [0.3, 0.4) is 0 Å². The van der Waals surface area contributed by atoms with Crippen molar-refractivity contribution in [2.45, 2.75) is 25.1 Å². The van der Waals surface area contributed by atoms with Crippen LogP contribution in [0, 0.1) is 11.3 Å². The van der Waals surface area contributed by atoms with Crippen molar-refractivity contribution >= 4 is 5.95 Å². The quantitative estimate of drug-likeness (QED) is 0.598. The number of alkyl halides is 3. The number of H-pyrrole nitrogens is 1. The molecule has 0 aliphatic carbocycles. The third-order valence-corrected chi connectivity index (χ3v) is 5.01. The van der Waals surface area contributed by atoms with Gasteiger partial charge in [-0.1, -0.05) is 12.1 Å². The van der Waals surface area contributed by atoms with Crippen LogP contribution in [0.4, 0.5) is 19.1 Å². The number of rotatable bonds is 4. The fourth-order valence-electron chi connectivity index (χ4n) is 3.46. The Morgan fingerprint density at radius 2 is 1.97 bits per heavy atom. The second-order valence-electron chi connectivity index (χ2n) is 7.13. The van der Waals surface area contributed by atoms with Gasteiger partial charge in [0.2, 0.25) is 5.95 Å². The zero-order valence-corrected chi connectivity index (χ0v) is 15.9. The Kier molecular flexibility index (Phi) is 5.42. The van der Waals surface area contributed by atoms with E-state index in [9.17, 15) is 13.2 Å². The molecule has 3 heterocycles. The zero-order valence-electron chi connectivity index (χ0n) is 15.9. The Bertz CT molecular complexity index is 1060. The van der Waals surface area contributed by atoms with Crippen molar-refractivity contribution in [2.24, 2.45) is 0 Å². The second-order valence-corrected chi connectivity index (χ2v) is 7.13. The van der Waals surface area contributed by atoms with E-state index in [4.69, 9.17) is 5.26 Å². The first-order chi connectivity index (χ1) is 14.4. The minimum Gasteiger partial charge on any atom is -0.361 e. The molecule has 1 saturated heterocycles. The molecule has 6 nitrogen and oxygen atoms in total. The molecule has 1 aliphatic rings. The van der Waals surface area contributed by atoms with Gasteiger partial charge in [-0.05, 0) is 43.1 Å². The molecule has 3 aromatic rings. The molecular weight excluding hydrogens is 393 g/mol. The molecule has 9 heteroatoms. The van der Waals surface area contributed by atoms with E-state index in [1.807, 2.05) is 6.07 Å². The van der Waals surface area contributed by atoms with E-state index in [0.717, 1.165) is 31.1 Å². The van der Waals surface area contributed by atoms with Crippen molar-refractivity contribution in [2.75, 3.05) is 18.4 Å². The summed E-state index contributed by atoms with van der Waals surface area (Å²) in [6.45, 7) is 1.64. The SMILES string of the molecule is N#Cc1ccc(-c2cc(-c3nc(N[C@H]4CCCNC4)ncc3C(F)(F)F)c[nH]2)cc1. The van der Waals surface area contributed by atoms with Crippen molar-refractivity contribution in [3.05, 3.63) is 53.9 Å². The molecule has 0 amide bonds. The molecule has 1 aliphatic heterocycles. The van der Waals surface area contributed by atoms with Crippen molar-refractivity contribution in [1.82, 2.24) is 20.3 Å². The average molecular weight is 412 g/mol. The van der Waals surface area contributed by atoms with Crippen LogP contribution in [0.2, 0.25) is 0 Å². The Labute approximate surface area is 171 Å². The number of anilines is 1. The van der Waals surface area contributed by atoms with Crippen molar-refractivity contribution in [3.8, 4) is 28.6 Å². The molecule has 0 radical (unpaired) electrons. The zero-order chi connectivity index (χ0) is 21.1. The van der Waals surface area contributed by atoms with Gasteiger partial charge in [0.25, 0.3) is 0 Å². The molecule has 154 valence electrons. The lowest BCUT2D eigenvalue weighted by Gasteiger charge is -2.24. The van der Waals surface area contributed by atoms with E-state index in [-0.39, 0.29) is 17.7 Å².